The summed E-state index contributed by atoms with van der Waals surface area (Å²) in [6.45, 7) is 3.16. The summed E-state index contributed by atoms with van der Waals surface area (Å²) in [6.07, 6.45) is 0.139. The largest absolute Gasteiger partial charge is 0.464 e. The fourth-order valence-electron chi connectivity index (χ4n) is 2.77. The van der Waals surface area contributed by atoms with E-state index in [1.807, 2.05) is 6.07 Å². The third-order valence-electron chi connectivity index (χ3n) is 4.09. The van der Waals surface area contributed by atoms with Gasteiger partial charge in [0.2, 0.25) is 11.8 Å². The van der Waals surface area contributed by atoms with Crippen LogP contribution in [0.3, 0.4) is 0 Å². The summed E-state index contributed by atoms with van der Waals surface area (Å²) < 4.78 is 10.0. The van der Waals surface area contributed by atoms with Crippen LogP contribution in [0.5, 0.6) is 0 Å². The van der Waals surface area contributed by atoms with E-state index in [0.29, 0.717) is 25.3 Å². The molecule has 1 heterocycles. The molecule has 7 heteroatoms. The van der Waals surface area contributed by atoms with Crippen LogP contribution in [0, 0.1) is 5.92 Å². The van der Waals surface area contributed by atoms with Gasteiger partial charge >= 0.3 is 5.97 Å². The molecule has 0 spiro atoms. The van der Waals surface area contributed by atoms with Crippen LogP contribution < -0.4 is 5.32 Å². The van der Waals surface area contributed by atoms with Crippen molar-refractivity contribution in [1.29, 1.82) is 0 Å². The molecule has 2 atom stereocenters. The number of carbonyl (C=O) groups excluding carboxylic acids is 3. The first-order chi connectivity index (χ1) is 12.1. The second-order valence-electron chi connectivity index (χ2n) is 5.84. The summed E-state index contributed by atoms with van der Waals surface area (Å²) in [5, 5.41) is 2.73. The van der Waals surface area contributed by atoms with Crippen LogP contribution in [0.15, 0.2) is 30.3 Å². The summed E-state index contributed by atoms with van der Waals surface area (Å²) >= 11 is 0. The van der Waals surface area contributed by atoms with Crippen LogP contribution in [-0.4, -0.2) is 56.1 Å². The number of amides is 2. The molecule has 136 valence electrons. The van der Waals surface area contributed by atoms with Gasteiger partial charge in [-0.1, -0.05) is 30.3 Å². The lowest BCUT2D eigenvalue weighted by molar-refractivity contribution is -0.148. The highest BCUT2D eigenvalue weighted by atomic mass is 16.5. The average molecular weight is 348 g/mol. The Morgan fingerprint density at radius 3 is 2.68 bits per heavy atom. The van der Waals surface area contributed by atoms with Crippen LogP contribution in [0.4, 0.5) is 0 Å². The molecule has 0 aromatic heterocycles. The molecule has 1 aliphatic rings. The molecule has 2 unspecified atom stereocenters. The van der Waals surface area contributed by atoms with Crippen molar-refractivity contribution in [2.45, 2.75) is 19.4 Å². The number of benzene rings is 1. The van der Waals surface area contributed by atoms with E-state index in [4.69, 9.17) is 9.47 Å². The van der Waals surface area contributed by atoms with Gasteiger partial charge in [0.05, 0.1) is 19.1 Å². The molecule has 2 rings (SSSR count). The van der Waals surface area contributed by atoms with E-state index in [0.717, 1.165) is 0 Å². The number of nitrogens with zero attached hydrogens (tertiary/aromatic N) is 1. The van der Waals surface area contributed by atoms with Gasteiger partial charge in [-0.15, -0.1) is 0 Å². The van der Waals surface area contributed by atoms with Crippen molar-refractivity contribution >= 4 is 17.8 Å². The molecular formula is C18H24N2O5. The monoisotopic (exact) mass is 348 g/mol. The lowest BCUT2D eigenvalue weighted by Gasteiger charge is -2.20. The SMILES string of the molecule is CCOC(=O)C(NC(=O)C1CC(=O)N(CCOC)C1)c1ccccc1. The van der Waals surface area contributed by atoms with Gasteiger partial charge in [0.15, 0.2) is 6.04 Å². The van der Waals surface area contributed by atoms with Gasteiger partial charge in [-0.25, -0.2) is 4.79 Å². The highest BCUT2D eigenvalue weighted by molar-refractivity contribution is 5.92. The van der Waals surface area contributed by atoms with Crippen molar-refractivity contribution in [2.75, 3.05) is 33.4 Å². The average Bonchev–Trinajstić information content (AvgIpc) is 2.99. The molecule has 1 fully saturated rings. The lowest BCUT2D eigenvalue weighted by Crippen LogP contribution is -2.39. The third-order valence-corrected chi connectivity index (χ3v) is 4.09. The summed E-state index contributed by atoms with van der Waals surface area (Å²) in [5.41, 5.74) is 0.648. The van der Waals surface area contributed by atoms with Gasteiger partial charge in [0, 0.05) is 26.6 Å². The molecule has 1 aliphatic heterocycles. The molecule has 0 radical (unpaired) electrons. The van der Waals surface area contributed by atoms with Crippen molar-refractivity contribution in [1.82, 2.24) is 10.2 Å². The zero-order valence-corrected chi connectivity index (χ0v) is 14.6. The summed E-state index contributed by atoms with van der Waals surface area (Å²) in [5.74, 6) is -1.40. The maximum Gasteiger partial charge on any atom is 0.333 e. The standard InChI is InChI=1S/C18H24N2O5/c1-3-25-18(23)16(13-7-5-4-6-8-13)19-17(22)14-11-15(21)20(12-14)9-10-24-2/h4-8,14,16H,3,9-12H2,1-2H3,(H,19,22). The van der Waals surface area contributed by atoms with E-state index in [1.54, 1.807) is 43.2 Å². The topological polar surface area (TPSA) is 84.9 Å². The molecule has 1 saturated heterocycles. The quantitative estimate of drug-likeness (QED) is 0.706. The molecule has 0 bridgehead atoms. The maximum atomic E-state index is 12.6. The highest BCUT2D eigenvalue weighted by Crippen LogP contribution is 2.21. The summed E-state index contributed by atoms with van der Waals surface area (Å²) in [4.78, 5) is 38.4. The van der Waals surface area contributed by atoms with Gasteiger partial charge in [-0.05, 0) is 12.5 Å². The Balaban J connectivity index is 2.04. The normalized spacial score (nSPS) is 18.1. The first kappa shape index (κ1) is 18.9. The zero-order chi connectivity index (χ0) is 18.2. The van der Waals surface area contributed by atoms with Gasteiger partial charge in [-0.2, -0.15) is 0 Å². The summed E-state index contributed by atoms with van der Waals surface area (Å²) in [7, 11) is 1.56. The summed E-state index contributed by atoms with van der Waals surface area (Å²) in [6, 6.07) is 8.05. The number of hydrogen-bond acceptors (Lipinski definition) is 5. The number of ether oxygens (including phenoxy) is 2. The first-order valence-corrected chi connectivity index (χ1v) is 8.35. The predicted molar refractivity (Wildman–Crippen MR) is 90.5 cm³/mol. The second kappa shape index (κ2) is 9.17. The van der Waals surface area contributed by atoms with Crippen molar-refractivity contribution < 1.29 is 23.9 Å². The molecule has 25 heavy (non-hydrogen) atoms. The van der Waals surface area contributed by atoms with Crippen LogP contribution in [0.2, 0.25) is 0 Å². The van der Waals surface area contributed by atoms with E-state index >= 15 is 0 Å². The number of hydrogen-bond donors (Lipinski definition) is 1. The van der Waals surface area contributed by atoms with E-state index in [9.17, 15) is 14.4 Å². The number of likely N-dealkylation sites (tertiary alicyclic amines) is 1. The van der Waals surface area contributed by atoms with Gasteiger partial charge in [-0.3, -0.25) is 9.59 Å². The molecule has 1 N–H and O–H groups in total. The van der Waals surface area contributed by atoms with E-state index in [-0.39, 0.29) is 24.8 Å². The van der Waals surface area contributed by atoms with Crippen molar-refractivity contribution in [2.24, 2.45) is 5.92 Å². The van der Waals surface area contributed by atoms with Crippen molar-refractivity contribution in [3.63, 3.8) is 0 Å². The number of carbonyl (C=O) groups is 3. The minimum atomic E-state index is -0.878. The zero-order valence-electron chi connectivity index (χ0n) is 14.6. The molecule has 0 aliphatic carbocycles. The van der Waals surface area contributed by atoms with Crippen molar-refractivity contribution in [3.05, 3.63) is 35.9 Å². The molecular weight excluding hydrogens is 324 g/mol. The number of esters is 1. The minimum absolute atomic E-state index is 0.0791. The predicted octanol–water partition coefficient (Wildman–Crippen LogP) is 0.902. The Morgan fingerprint density at radius 1 is 1.32 bits per heavy atom. The van der Waals surface area contributed by atoms with Crippen LogP contribution >= 0.6 is 0 Å². The van der Waals surface area contributed by atoms with E-state index < -0.39 is 17.9 Å². The van der Waals surface area contributed by atoms with Crippen LogP contribution in [0.1, 0.15) is 24.9 Å². The first-order valence-electron chi connectivity index (χ1n) is 8.35. The Bertz CT molecular complexity index is 605. The maximum absolute atomic E-state index is 12.6. The van der Waals surface area contributed by atoms with Gasteiger partial charge < -0.3 is 19.7 Å². The van der Waals surface area contributed by atoms with Gasteiger partial charge in [0.25, 0.3) is 0 Å². The fraction of sp³-hybridized carbons (Fsp3) is 0.500. The number of nitrogens with one attached hydrogen (secondary N) is 1. The molecule has 1 aromatic rings. The molecule has 7 nitrogen and oxygen atoms in total. The molecule has 2 amide bonds. The Labute approximate surface area is 147 Å². The van der Waals surface area contributed by atoms with E-state index in [2.05, 4.69) is 5.32 Å². The lowest BCUT2D eigenvalue weighted by atomic mass is 10.0. The second-order valence-corrected chi connectivity index (χ2v) is 5.84. The highest BCUT2D eigenvalue weighted by Gasteiger charge is 2.36. The Kier molecular flexibility index (Phi) is 6.94. The van der Waals surface area contributed by atoms with Crippen molar-refractivity contribution in [3.8, 4) is 0 Å². The smallest absolute Gasteiger partial charge is 0.333 e. The van der Waals surface area contributed by atoms with Crippen LogP contribution in [0.25, 0.3) is 0 Å². The molecule has 1 aromatic carbocycles. The minimum Gasteiger partial charge on any atom is -0.464 e. The Morgan fingerprint density at radius 2 is 2.04 bits per heavy atom. The number of methoxy groups -OCH3 is 1. The Hall–Kier alpha value is -2.41. The fourth-order valence-corrected chi connectivity index (χ4v) is 2.77. The van der Waals surface area contributed by atoms with Crippen LogP contribution in [-0.2, 0) is 23.9 Å². The third kappa shape index (κ3) is 5.03. The molecule has 0 saturated carbocycles. The van der Waals surface area contributed by atoms with E-state index in [1.165, 1.54) is 0 Å². The number of rotatable bonds is 8. The van der Waals surface area contributed by atoms with Gasteiger partial charge in [0.1, 0.15) is 0 Å².